The number of benzene rings is 1. The van der Waals surface area contributed by atoms with Gasteiger partial charge in [-0.3, -0.25) is 9.69 Å². The number of imidazole rings is 1. The van der Waals surface area contributed by atoms with Gasteiger partial charge in [-0.25, -0.2) is 18.3 Å². The third-order valence-corrected chi connectivity index (χ3v) is 6.19. The first kappa shape index (κ1) is 22.8. The van der Waals surface area contributed by atoms with Gasteiger partial charge in [0.05, 0.1) is 6.20 Å². The average Bonchev–Trinajstić information content (AvgIpc) is 3.37. The van der Waals surface area contributed by atoms with Crippen molar-refractivity contribution in [1.82, 2.24) is 24.5 Å². The van der Waals surface area contributed by atoms with Gasteiger partial charge in [-0.05, 0) is 43.0 Å². The number of halogens is 2. The molecule has 0 bridgehead atoms. The molecule has 3 heterocycles. The molecule has 1 aromatic carbocycles. The second kappa shape index (κ2) is 9.23. The van der Waals surface area contributed by atoms with Crippen LogP contribution in [0.5, 0.6) is 0 Å². The second-order valence-electron chi connectivity index (χ2n) is 8.54. The van der Waals surface area contributed by atoms with Gasteiger partial charge in [-0.1, -0.05) is 37.8 Å². The van der Waals surface area contributed by atoms with Gasteiger partial charge < -0.3 is 4.98 Å². The third-order valence-electron chi connectivity index (χ3n) is 6.19. The normalized spacial score (nSPS) is 19.7. The van der Waals surface area contributed by atoms with Gasteiger partial charge in [0.1, 0.15) is 5.82 Å². The Kier molecular flexibility index (Phi) is 6.37. The molecule has 1 saturated heterocycles. The molecule has 0 saturated carbocycles. The molecule has 0 radical (unpaired) electrons. The minimum atomic E-state index is -0.970. The van der Waals surface area contributed by atoms with Crippen molar-refractivity contribution in [2.75, 3.05) is 19.6 Å². The highest BCUT2D eigenvalue weighted by atomic mass is 19.2. The van der Waals surface area contributed by atoms with Crippen molar-refractivity contribution in [3.05, 3.63) is 88.2 Å². The van der Waals surface area contributed by atoms with Crippen LogP contribution in [-0.2, 0) is 0 Å². The number of fused-ring (bicyclic) bond motifs is 1. The van der Waals surface area contributed by atoms with E-state index in [4.69, 9.17) is 5.10 Å². The van der Waals surface area contributed by atoms with Gasteiger partial charge >= 0.3 is 0 Å². The summed E-state index contributed by atoms with van der Waals surface area (Å²) >= 11 is 0. The molecule has 1 aliphatic rings. The van der Waals surface area contributed by atoms with E-state index in [-0.39, 0.29) is 22.9 Å². The maximum absolute atomic E-state index is 13.9. The molecule has 2 aromatic heterocycles. The van der Waals surface area contributed by atoms with Crippen LogP contribution in [0.2, 0.25) is 0 Å². The fourth-order valence-electron chi connectivity index (χ4n) is 4.39. The zero-order chi connectivity index (χ0) is 23.7. The number of hydrogen-bond acceptors (Lipinski definition) is 4. The molecule has 8 heteroatoms. The van der Waals surface area contributed by atoms with E-state index in [0.717, 1.165) is 31.8 Å². The summed E-state index contributed by atoms with van der Waals surface area (Å²) in [5, 5.41) is 4.70. The number of nitrogens with zero attached hydrogens (tertiary/aromatic N) is 4. The number of rotatable bonds is 6. The summed E-state index contributed by atoms with van der Waals surface area (Å²) in [6, 6.07) is 2.22. The maximum atomic E-state index is 13.9. The summed E-state index contributed by atoms with van der Waals surface area (Å²) in [6.07, 6.45) is 9.19. The molecule has 0 spiro atoms. The zero-order valence-corrected chi connectivity index (χ0v) is 19.0. The summed E-state index contributed by atoms with van der Waals surface area (Å²) in [4.78, 5) is 22.3. The Morgan fingerprint density at radius 2 is 2.06 bits per heavy atom. The number of aromatic nitrogens is 4. The Bertz CT molecular complexity index is 1320. The van der Waals surface area contributed by atoms with Crippen LogP contribution in [0.4, 0.5) is 8.78 Å². The van der Waals surface area contributed by atoms with Crippen LogP contribution in [0.25, 0.3) is 16.9 Å². The van der Waals surface area contributed by atoms with Crippen LogP contribution in [0.1, 0.15) is 31.2 Å². The van der Waals surface area contributed by atoms with Crippen molar-refractivity contribution in [2.24, 2.45) is 5.92 Å². The fraction of sp³-hybridized carbons (Fsp3) is 0.320. The summed E-state index contributed by atoms with van der Waals surface area (Å²) in [5.74, 6) is -0.740. The lowest BCUT2D eigenvalue weighted by atomic mass is 9.97. The highest BCUT2D eigenvalue weighted by Crippen LogP contribution is 2.31. The molecule has 4 rings (SSSR count). The van der Waals surface area contributed by atoms with Gasteiger partial charge in [0.25, 0.3) is 5.56 Å². The molecule has 172 valence electrons. The van der Waals surface area contributed by atoms with E-state index in [2.05, 4.69) is 34.4 Å². The summed E-state index contributed by atoms with van der Waals surface area (Å²) in [5.41, 5.74) is 2.03. The first-order chi connectivity index (χ1) is 15.8. The summed E-state index contributed by atoms with van der Waals surface area (Å²) in [6.45, 7) is 11.9. The Hall–Kier alpha value is -3.39. The maximum Gasteiger partial charge on any atom is 0.276 e. The lowest BCUT2D eigenvalue weighted by Crippen LogP contribution is -2.24. The van der Waals surface area contributed by atoms with Gasteiger partial charge in [-0.2, -0.15) is 5.10 Å². The van der Waals surface area contributed by atoms with E-state index >= 15 is 0 Å². The number of aromatic amines is 1. The number of hydrogen-bond donors (Lipinski definition) is 1. The standard InChI is InChI=1S/C25H27F2N5O/c1-5-7-8-17(6-2)13-31-12-16(4)19(14-31)23-29-25(33)22-11-28-24(32(22)30-23)18-10-21(27)20(26)9-15(18)3/h5-11,16,19H,1,12-14H2,2-4H3,(H,29,30,33)/b8-7-,17-6+. The predicted molar refractivity (Wildman–Crippen MR) is 125 cm³/mol. The van der Waals surface area contributed by atoms with Crippen molar-refractivity contribution in [3.63, 3.8) is 0 Å². The van der Waals surface area contributed by atoms with Gasteiger partial charge in [0.2, 0.25) is 0 Å². The third kappa shape index (κ3) is 4.43. The molecule has 2 atom stereocenters. The van der Waals surface area contributed by atoms with E-state index in [1.807, 2.05) is 19.1 Å². The largest absolute Gasteiger partial charge is 0.307 e. The van der Waals surface area contributed by atoms with Gasteiger partial charge in [-0.15, -0.1) is 0 Å². The van der Waals surface area contributed by atoms with E-state index < -0.39 is 11.6 Å². The van der Waals surface area contributed by atoms with Crippen molar-refractivity contribution in [2.45, 2.75) is 26.7 Å². The van der Waals surface area contributed by atoms with Crippen molar-refractivity contribution in [1.29, 1.82) is 0 Å². The molecule has 6 nitrogen and oxygen atoms in total. The first-order valence-electron chi connectivity index (χ1n) is 10.9. The van der Waals surface area contributed by atoms with Crippen LogP contribution in [0.3, 0.4) is 0 Å². The predicted octanol–water partition coefficient (Wildman–Crippen LogP) is 4.40. The minimum Gasteiger partial charge on any atom is -0.307 e. The van der Waals surface area contributed by atoms with Gasteiger partial charge in [0.15, 0.2) is 23.0 Å². The molecule has 1 aliphatic heterocycles. The Morgan fingerprint density at radius 1 is 1.30 bits per heavy atom. The summed E-state index contributed by atoms with van der Waals surface area (Å²) < 4.78 is 29.0. The van der Waals surface area contributed by atoms with Crippen LogP contribution in [0.15, 0.2) is 59.6 Å². The highest BCUT2D eigenvalue weighted by molar-refractivity contribution is 5.64. The number of nitrogens with one attached hydrogen (secondary N) is 1. The minimum absolute atomic E-state index is 0.0184. The number of likely N-dealkylation sites (tertiary alicyclic amines) is 1. The van der Waals surface area contributed by atoms with Crippen molar-refractivity contribution in [3.8, 4) is 11.4 Å². The second-order valence-corrected chi connectivity index (χ2v) is 8.54. The van der Waals surface area contributed by atoms with E-state index in [1.54, 1.807) is 13.0 Å². The Labute approximate surface area is 191 Å². The highest BCUT2D eigenvalue weighted by Gasteiger charge is 2.33. The molecule has 0 aliphatic carbocycles. The molecular weight excluding hydrogens is 424 g/mol. The van der Waals surface area contributed by atoms with Crippen LogP contribution >= 0.6 is 0 Å². The smallest absolute Gasteiger partial charge is 0.276 e. The van der Waals surface area contributed by atoms with Gasteiger partial charge in [0, 0.05) is 31.1 Å². The van der Waals surface area contributed by atoms with Crippen LogP contribution in [0, 0.1) is 24.5 Å². The zero-order valence-electron chi connectivity index (χ0n) is 19.0. The lowest BCUT2D eigenvalue weighted by Gasteiger charge is -2.16. The molecule has 0 amide bonds. The lowest BCUT2D eigenvalue weighted by molar-refractivity contribution is 0.356. The van der Waals surface area contributed by atoms with E-state index in [9.17, 15) is 13.6 Å². The Morgan fingerprint density at radius 3 is 2.79 bits per heavy atom. The Balaban J connectivity index is 1.69. The number of aryl methyl sites for hydroxylation is 1. The SMILES string of the molecule is C=C/C=C\C(=C/C)CN1CC(C)C(c2nn3c(-c4cc(F)c(F)cc4C)ncc3c(=O)[nH]2)C1. The average molecular weight is 452 g/mol. The van der Waals surface area contributed by atoms with E-state index in [1.165, 1.54) is 16.3 Å². The quantitative estimate of drug-likeness (QED) is 0.565. The molecule has 2 unspecified atom stereocenters. The molecular formula is C25H27F2N5O. The first-order valence-corrected chi connectivity index (χ1v) is 10.9. The van der Waals surface area contributed by atoms with Crippen molar-refractivity contribution < 1.29 is 8.78 Å². The number of H-pyrrole nitrogens is 1. The molecule has 1 fully saturated rings. The number of allylic oxidation sites excluding steroid dienone is 3. The summed E-state index contributed by atoms with van der Waals surface area (Å²) in [7, 11) is 0. The fourth-order valence-corrected chi connectivity index (χ4v) is 4.39. The van der Waals surface area contributed by atoms with Crippen LogP contribution in [-0.4, -0.2) is 44.1 Å². The molecule has 33 heavy (non-hydrogen) atoms. The molecule has 1 N–H and O–H groups in total. The van der Waals surface area contributed by atoms with Crippen LogP contribution < -0.4 is 5.56 Å². The molecule has 3 aromatic rings. The topological polar surface area (TPSA) is 66.3 Å². The van der Waals surface area contributed by atoms with E-state index in [0.29, 0.717) is 22.8 Å². The van der Waals surface area contributed by atoms with Crippen molar-refractivity contribution >= 4 is 5.52 Å². The monoisotopic (exact) mass is 451 g/mol.